The van der Waals surface area contributed by atoms with Gasteiger partial charge in [-0.15, -0.1) is 0 Å². The predicted molar refractivity (Wildman–Crippen MR) is 67.8 cm³/mol. The minimum absolute atomic E-state index is 0.607. The summed E-state index contributed by atoms with van der Waals surface area (Å²) in [4.78, 5) is 7.50. The Bertz CT molecular complexity index is 495. The summed E-state index contributed by atoms with van der Waals surface area (Å²) < 4.78 is 7.20. The van der Waals surface area contributed by atoms with Gasteiger partial charge in [0.15, 0.2) is 0 Å². The van der Waals surface area contributed by atoms with Crippen molar-refractivity contribution in [1.82, 2.24) is 9.97 Å². The molecule has 0 spiro atoms. The molecule has 1 N–H and O–H groups in total. The van der Waals surface area contributed by atoms with Crippen molar-refractivity contribution in [2.75, 3.05) is 7.11 Å². The standard InChI is InChI=1S/C9H8BrIN2O/c1-4-7(11)5-3-12-9(14-2)6(10)8(5)13-4/h3,13H,1-2H3. The number of nitrogens with zero attached hydrogens (tertiary/aromatic N) is 1. The van der Waals surface area contributed by atoms with E-state index in [2.05, 4.69) is 48.5 Å². The second-order valence-corrected chi connectivity index (χ2v) is 4.81. The lowest BCUT2D eigenvalue weighted by molar-refractivity contribution is 0.396. The Morgan fingerprint density at radius 1 is 1.57 bits per heavy atom. The number of hydrogen-bond donors (Lipinski definition) is 1. The molecule has 0 aliphatic heterocycles. The van der Waals surface area contributed by atoms with Gasteiger partial charge in [-0.1, -0.05) is 0 Å². The van der Waals surface area contributed by atoms with Crippen molar-refractivity contribution in [2.24, 2.45) is 0 Å². The number of fused-ring (bicyclic) bond motifs is 1. The zero-order valence-corrected chi connectivity index (χ0v) is 11.4. The van der Waals surface area contributed by atoms with E-state index in [-0.39, 0.29) is 0 Å². The van der Waals surface area contributed by atoms with Gasteiger partial charge in [-0.3, -0.25) is 0 Å². The summed E-state index contributed by atoms with van der Waals surface area (Å²) in [6.07, 6.45) is 1.82. The van der Waals surface area contributed by atoms with E-state index in [1.165, 1.54) is 3.57 Å². The molecule has 0 aliphatic carbocycles. The van der Waals surface area contributed by atoms with Crippen molar-refractivity contribution >= 4 is 49.4 Å². The summed E-state index contributed by atoms with van der Waals surface area (Å²) in [5.41, 5.74) is 2.19. The highest BCUT2D eigenvalue weighted by molar-refractivity contribution is 14.1. The molecule has 0 saturated carbocycles. The van der Waals surface area contributed by atoms with Crippen molar-refractivity contribution < 1.29 is 4.74 Å². The molecule has 0 saturated heterocycles. The molecular formula is C9H8BrIN2O. The lowest BCUT2D eigenvalue weighted by Crippen LogP contribution is -1.88. The summed E-state index contributed by atoms with van der Waals surface area (Å²) >= 11 is 5.77. The summed E-state index contributed by atoms with van der Waals surface area (Å²) in [7, 11) is 1.61. The normalized spacial score (nSPS) is 10.9. The number of aromatic amines is 1. The molecule has 5 heteroatoms. The number of nitrogens with one attached hydrogen (secondary N) is 1. The fraction of sp³-hybridized carbons (Fsp3) is 0.222. The first kappa shape index (κ1) is 10.2. The van der Waals surface area contributed by atoms with Crippen LogP contribution < -0.4 is 4.74 Å². The van der Waals surface area contributed by atoms with Gasteiger partial charge in [-0.2, -0.15) is 0 Å². The molecule has 0 amide bonds. The lowest BCUT2D eigenvalue weighted by Gasteiger charge is -2.01. The smallest absolute Gasteiger partial charge is 0.229 e. The Hall–Kier alpha value is -0.300. The molecule has 0 unspecified atom stereocenters. The molecule has 74 valence electrons. The van der Waals surface area contributed by atoms with Gasteiger partial charge in [0.2, 0.25) is 5.88 Å². The van der Waals surface area contributed by atoms with Crippen LogP contribution in [0, 0.1) is 10.5 Å². The molecule has 14 heavy (non-hydrogen) atoms. The Labute approximate surface area is 104 Å². The molecule has 2 heterocycles. The number of hydrogen-bond acceptors (Lipinski definition) is 2. The van der Waals surface area contributed by atoms with Gasteiger partial charge in [0.05, 0.1) is 12.6 Å². The number of aromatic nitrogens is 2. The first-order valence-corrected chi connectivity index (χ1v) is 5.88. The average Bonchev–Trinajstić information content (AvgIpc) is 2.46. The van der Waals surface area contributed by atoms with Crippen LogP contribution in [-0.2, 0) is 0 Å². The maximum absolute atomic E-state index is 5.12. The predicted octanol–water partition coefficient (Wildman–Crippen LogP) is 3.25. The Morgan fingerprint density at radius 2 is 2.29 bits per heavy atom. The van der Waals surface area contributed by atoms with Gasteiger partial charge in [-0.05, 0) is 45.4 Å². The topological polar surface area (TPSA) is 37.9 Å². The third-order valence-corrected chi connectivity index (χ3v) is 4.18. The maximum Gasteiger partial charge on any atom is 0.229 e. The van der Waals surface area contributed by atoms with Gasteiger partial charge in [0.25, 0.3) is 0 Å². The first-order valence-electron chi connectivity index (χ1n) is 4.01. The number of ether oxygens (including phenoxy) is 1. The van der Waals surface area contributed by atoms with Crippen LogP contribution >= 0.6 is 38.5 Å². The van der Waals surface area contributed by atoms with Gasteiger partial charge in [0.1, 0.15) is 4.47 Å². The Balaban J connectivity index is 2.83. The number of H-pyrrole nitrogens is 1. The van der Waals surface area contributed by atoms with Crippen LogP contribution in [0.25, 0.3) is 10.9 Å². The Kier molecular flexibility index (Phi) is 2.70. The number of methoxy groups -OCH3 is 1. The van der Waals surface area contributed by atoms with E-state index < -0.39 is 0 Å². The highest BCUT2D eigenvalue weighted by atomic mass is 127. The summed E-state index contributed by atoms with van der Waals surface area (Å²) in [6.45, 7) is 2.04. The molecule has 3 nitrogen and oxygen atoms in total. The third-order valence-electron chi connectivity index (χ3n) is 2.06. The number of rotatable bonds is 1. The zero-order valence-electron chi connectivity index (χ0n) is 7.69. The largest absolute Gasteiger partial charge is 0.480 e. The molecule has 0 aliphatic rings. The summed E-state index contributed by atoms with van der Waals surface area (Å²) in [5.74, 6) is 0.607. The third kappa shape index (κ3) is 1.42. The average molecular weight is 367 g/mol. The first-order chi connectivity index (χ1) is 6.65. The van der Waals surface area contributed by atoms with E-state index in [0.29, 0.717) is 5.88 Å². The molecule has 0 fully saturated rings. The van der Waals surface area contributed by atoms with E-state index in [9.17, 15) is 0 Å². The number of aryl methyl sites for hydroxylation is 1. The van der Waals surface area contributed by atoms with Crippen LogP contribution in [-0.4, -0.2) is 17.1 Å². The summed E-state index contributed by atoms with van der Waals surface area (Å²) in [6, 6.07) is 0. The van der Waals surface area contributed by atoms with Gasteiger partial charge in [0, 0.05) is 20.8 Å². The van der Waals surface area contributed by atoms with Crippen molar-refractivity contribution in [2.45, 2.75) is 6.92 Å². The molecule has 0 atom stereocenters. The highest BCUT2D eigenvalue weighted by Crippen LogP contribution is 2.33. The molecule has 0 bridgehead atoms. The van der Waals surface area contributed by atoms with Crippen LogP contribution in [0.3, 0.4) is 0 Å². The highest BCUT2D eigenvalue weighted by Gasteiger charge is 2.12. The lowest BCUT2D eigenvalue weighted by atomic mass is 10.3. The number of pyridine rings is 1. The van der Waals surface area contributed by atoms with Crippen molar-refractivity contribution in [3.8, 4) is 5.88 Å². The summed E-state index contributed by atoms with van der Waals surface area (Å²) in [5, 5.41) is 1.12. The van der Waals surface area contributed by atoms with Crippen LogP contribution in [0.4, 0.5) is 0 Å². The molecule has 2 aromatic heterocycles. The van der Waals surface area contributed by atoms with Gasteiger partial charge >= 0.3 is 0 Å². The molecule has 0 aromatic carbocycles. The van der Waals surface area contributed by atoms with Crippen LogP contribution in [0.15, 0.2) is 10.7 Å². The van der Waals surface area contributed by atoms with Crippen LogP contribution in [0.2, 0.25) is 0 Å². The number of halogens is 2. The molecule has 2 rings (SSSR count). The van der Waals surface area contributed by atoms with E-state index in [1.807, 2.05) is 13.1 Å². The van der Waals surface area contributed by atoms with Crippen LogP contribution in [0.5, 0.6) is 5.88 Å². The monoisotopic (exact) mass is 366 g/mol. The van der Waals surface area contributed by atoms with E-state index in [1.54, 1.807) is 7.11 Å². The zero-order chi connectivity index (χ0) is 10.3. The fourth-order valence-electron chi connectivity index (χ4n) is 1.34. The van der Waals surface area contributed by atoms with E-state index in [4.69, 9.17) is 4.74 Å². The quantitative estimate of drug-likeness (QED) is 0.787. The second-order valence-electron chi connectivity index (χ2n) is 2.93. The van der Waals surface area contributed by atoms with E-state index >= 15 is 0 Å². The van der Waals surface area contributed by atoms with Crippen molar-refractivity contribution in [1.29, 1.82) is 0 Å². The van der Waals surface area contributed by atoms with Gasteiger partial charge < -0.3 is 9.72 Å². The van der Waals surface area contributed by atoms with Gasteiger partial charge in [-0.25, -0.2) is 4.98 Å². The van der Waals surface area contributed by atoms with Crippen molar-refractivity contribution in [3.05, 3.63) is 19.9 Å². The molecule has 0 radical (unpaired) electrons. The molecule has 2 aromatic rings. The second kappa shape index (κ2) is 3.69. The van der Waals surface area contributed by atoms with Crippen LogP contribution in [0.1, 0.15) is 5.69 Å². The van der Waals surface area contributed by atoms with Crippen molar-refractivity contribution in [3.63, 3.8) is 0 Å². The molecular weight excluding hydrogens is 359 g/mol. The van der Waals surface area contributed by atoms with E-state index in [0.717, 1.165) is 21.1 Å². The minimum Gasteiger partial charge on any atom is -0.480 e. The minimum atomic E-state index is 0.607. The fourth-order valence-corrected chi connectivity index (χ4v) is 2.47. The SMILES string of the molecule is COc1ncc2c(I)c(C)[nH]c2c1Br. The maximum atomic E-state index is 5.12. The Morgan fingerprint density at radius 3 is 2.93 bits per heavy atom.